The monoisotopic (exact) mass is 403 g/mol. The third-order valence-electron chi connectivity index (χ3n) is 5.22. The van der Waals surface area contributed by atoms with Crippen LogP contribution in [0.15, 0.2) is 12.3 Å². The van der Waals surface area contributed by atoms with Gasteiger partial charge in [-0.2, -0.15) is 10.2 Å². The number of esters is 1. The number of ether oxygens (including phenoxy) is 1. The minimum atomic E-state index is -2.68. The molecule has 0 N–H and O–H groups in total. The first kappa shape index (κ1) is 19.5. The molecule has 7 nitrogen and oxygen atoms in total. The Balaban J connectivity index is 1.93. The molecule has 4 rings (SSSR count). The molecule has 3 aromatic rings. The number of pyridine rings is 1. The molecule has 0 aromatic carbocycles. The lowest BCUT2D eigenvalue weighted by atomic mass is 10.0. The van der Waals surface area contributed by atoms with Crippen molar-refractivity contribution in [2.24, 2.45) is 0 Å². The van der Waals surface area contributed by atoms with Gasteiger partial charge in [0.25, 0.3) is 6.43 Å². The van der Waals surface area contributed by atoms with E-state index >= 15 is 0 Å². The molecular weight excluding hydrogens is 380 g/mol. The van der Waals surface area contributed by atoms with Crippen LogP contribution in [0.3, 0.4) is 0 Å². The van der Waals surface area contributed by atoms with Crippen molar-refractivity contribution in [3.8, 4) is 11.3 Å². The van der Waals surface area contributed by atoms with E-state index in [2.05, 4.69) is 15.2 Å². The first-order chi connectivity index (χ1) is 13.9. The average molecular weight is 403 g/mol. The van der Waals surface area contributed by atoms with Gasteiger partial charge in [-0.1, -0.05) is 0 Å². The van der Waals surface area contributed by atoms with Gasteiger partial charge >= 0.3 is 5.97 Å². The van der Waals surface area contributed by atoms with Crippen molar-refractivity contribution in [1.29, 1.82) is 0 Å². The smallest absolute Gasteiger partial charge is 0.327 e. The fourth-order valence-electron chi connectivity index (χ4n) is 3.64. The highest BCUT2D eigenvalue weighted by Crippen LogP contribution is 2.45. The van der Waals surface area contributed by atoms with E-state index in [-0.39, 0.29) is 30.3 Å². The predicted molar refractivity (Wildman–Crippen MR) is 103 cm³/mol. The van der Waals surface area contributed by atoms with Crippen molar-refractivity contribution < 1.29 is 18.3 Å². The third kappa shape index (κ3) is 3.49. The minimum absolute atomic E-state index is 0.106. The molecule has 3 heterocycles. The molecule has 1 aliphatic rings. The Morgan fingerprint density at radius 2 is 2.07 bits per heavy atom. The maximum atomic E-state index is 14.0. The lowest BCUT2D eigenvalue weighted by Crippen LogP contribution is -2.15. The van der Waals surface area contributed by atoms with Crippen molar-refractivity contribution in [3.05, 3.63) is 29.2 Å². The standard InChI is InChI=1S/C20H23F2N5O2/c1-4-26-11(3)14(9-23-26)15-8-13(19(21)22)17-18(12-6-7-12)25-27(20(17)24-15)10-16(28)29-5-2/h8-9,12,19H,4-7,10H2,1-3H3. The van der Waals surface area contributed by atoms with Crippen molar-refractivity contribution in [2.45, 2.75) is 59.0 Å². The predicted octanol–water partition coefficient (Wildman–Crippen LogP) is 4.00. The van der Waals surface area contributed by atoms with Gasteiger partial charge in [-0.3, -0.25) is 9.48 Å². The van der Waals surface area contributed by atoms with Crippen LogP contribution in [0.5, 0.6) is 0 Å². The van der Waals surface area contributed by atoms with Crippen LogP contribution >= 0.6 is 0 Å². The van der Waals surface area contributed by atoms with Crippen LogP contribution in [0, 0.1) is 6.92 Å². The molecule has 9 heteroatoms. The van der Waals surface area contributed by atoms with Gasteiger partial charge in [-0.05, 0) is 39.7 Å². The first-order valence-electron chi connectivity index (χ1n) is 9.82. The molecule has 0 bridgehead atoms. The summed E-state index contributed by atoms with van der Waals surface area (Å²) in [6.07, 6.45) is 0.755. The van der Waals surface area contributed by atoms with Crippen LogP contribution < -0.4 is 0 Å². The van der Waals surface area contributed by atoms with E-state index in [0.717, 1.165) is 18.5 Å². The van der Waals surface area contributed by atoms with Gasteiger partial charge in [0.2, 0.25) is 0 Å². The van der Waals surface area contributed by atoms with E-state index in [1.165, 1.54) is 10.7 Å². The fourth-order valence-corrected chi connectivity index (χ4v) is 3.64. The van der Waals surface area contributed by atoms with Crippen LogP contribution in [-0.4, -0.2) is 37.1 Å². The van der Waals surface area contributed by atoms with E-state index in [4.69, 9.17) is 4.74 Å². The Morgan fingerprint density at radius 1 is 1.31 bits per heavy atom. The number of rotatable bonds is 7. The van der Waals surface area contributed by atoms with Gasteiger partial charge in [0.15, 0.2) is 5.65 Å². The topological polar surface area (TPSA) is 74.8 Å². The number of fused-ring (bicyclic) bond motifs is 1. The van der Waals surface area contributed by atoms with Crippen molar-refractivity contribution >= 4 is 17.0 Å². The molecule has 0 atom stereocenters. The van der Waals surface area contributed by atoms with Gasteiger partial charge in [-0.25, -0.2) is 18.4 Å². The maximum Gasteiger partial charge on any atom is 0.327 e. The lowest BCUT2D eigenvalue weighted by molar-refractivity contribution is -0.143. The summed E-state index contributed by atoms with van der Waals surface area (Å²) >= 11 is 0. The Morgan fingerprint density at radius 3 is 2.66 bits per heavy atom. The molecule has 1 aliphatic carbocycles. The normalized spacial score (nSPS) is 14.1. The van der Waals surface area contributed by atoms with E-state index in [1.54, 1.807) is 17.8 Å². The SMILES string of the molecule is CCOC(=O)Cn1nc(C2CC2)c2c(C(F)F)cc(-c3cnn(CC)c3C)nc21. The molecule has 0 saturated heterocycles. The van der Waals surface area contributed by atoms with E-state index in [0.29, 0.717) is 28.9 Å². The number of halogens is 2. The molecule has 154 valence electrons. The average Bonchev–Trinajstić information content (AvgIpc) is 3.38. The van der Waals surface area contributed by atoms with Crippen LogP contribution in [0.4, 0.5) is 8.78 Å². The molecule has 29 heavy (non-hydrogen) atoms. The van der Waals surface area contributed by atoms with Gasteiger partial charge in [0.1, 0.15) is 6.54 Å². The van der Waals surface area contributed by atoms with Crippen molar-refractivity contribution in [3.63, 3.8) is 0 Å². The second kappa shape index (κ2) is 7.53. The summed E-state index contributed by atoms with van der Waals surface area (Å²) in [7, 11) is 0. The van der Waals surface area contributed by atoms with Gasteiger partial charge < -0.3 is 4.74 Å². The minimum Gasteiger partial charge on any atom is -0.465 e. The summed E-state index contributed by atoms with van der Waals surface area (Å²) in [5, 5.41) is 9.15. The highest BCUT2D eigenvalue weighted by Gasteiger charge is 2.33. The summed E-state index contributed by atoms with van der Waals surface area (Å²) in [6, 6.07) is 1.43. The number of aromatic nitrogens is 5. The number of hydrogen-bond acceptors (Lipinski definition) is 5. The van der Waals surface area contributed by atoms with Gasteiger partial charge in [-0.15, -0.1) is 0 Å². The molecule has 0 spiro atoms. The van der Waals surface area contributed by atoms with Crippen molar-refractivity contribution in [2.75, 3.05) is 6.61 Å². The van der Waals surface area contributed by atoms with Gasteiger partial charge in [0, 0.05) is 29.3 Å². The number of carbonyl (C=O) groups is 1. The first-order valence-corrected chi connectivity index (χ1v) is 9.82. The third-order valence-corrected chi connectivity index (χ3v) is 5.22. The molecular formula is C20H23F2N5O2. The summed E-state index contributed by atoms with van der Waals surface area (Å²) in [5.41, 5.74) is 2.71. The Labute approximate surface area is 166 Å². The zero-order chi connectivity index (χ0) is 20.7. The Kier molecular flexibility index (Phi) is 5.06. The number of nitrogens with zero attached hydrogens (tertiary/aromatic N) is 5. The molecule has 0 aliphatic heterocycles. The largest absolute Gasteiger partial charge is 0.465 e. The maximum absolute atomic E-state index is 14.0. The van der Waals surface area contributed by atoms with Crippen LogP contribution in [0.25, 0.3) is 22.3 Å². The highest BCUT2D eigenvalue weighted by atomic mass is 19.3. The Bertz CT molecular complexity index is 1070. The van der Waals surface area contributed by atoms with Gasteiger partial charge in [0.05, 0.1) is 29.6 Å². The summed E-state index contributed by atoms with van der Waals surface area (Å²) < 4.78 is 36.3. The molecule has 3 aromatic heterocycles. The highest BCUT2D eigenvalue weighted by molar-refractivity contribution is 5.87. The zero-order valence-corrected chi connectivity index (χ0v) is 16.7. The summed E-state index contributed by atoms with van der Waals surface area (Å²) in [5.74, 6) is -0.337. The molecule has 1 saturated carbocycles. The summed E-state index contributed by atoms with van der Waals surface area (Å²) in [6.45, 7) is 6.30. The molecule has 0 amide bonds. The fraction of sp³-hybridized carbons (Fsp3) is 0.500. The van der Waals surface area contributed by atoms with Crippen LogP contribution in [0.1, 0.15) is 56.0 Å². The van der Waals surface area contributed by atoms with E-state index in [1.807, 2.05) is 13.8 Å². The number of alkyl halides is 2. The number of aryl methyl sites for hydroxylation is 1. The quantitative estimate of drug-likeness (QED) is 0.558. The lowest BCUT2D eigenvalue weighted by Gasteiger charge is -2.09. The van der Waals surface area contributed by atoms with Crippen LogP contribution in [-0.2, 0) is 22.6 Å². The second-order valence-electron chi connectivity index (χ2n) is 7.18. The zero-order valence-electron chi connectivity index (χ0n) is 16.7. The van der Waals surface area contributed by atoms with Crippen LogP contribution in [0.2, 0.25) is 0 Å². The Hall–Kier alpha value is -2.84. The van der Waals surface area contributed by atoms with E-state index in [9.17, 15) is 13.6 Å². The molecule has 0 radical (unpaired) electrons. The summed E-state index contributed by atoms with van der Waals surface area (Å²) in [4.78, 5) is 16.7. The van der Waals surface area contributed by atoms with Crippen molar-refractivity contribution in [1.82, 2.24) is 24.5 Å². The molecule has 0 unspecified atom stereocenters. The number of hydrogen-bond donors (Lipinski definition) is 0. The van der Waals surface area contributed by atoms with E-state index < -0.39 is 12.4 Å². The molecule has 1 fully saturated rings. The second-order valence-corrected chi connectivity index (χ2v) is 7.18. The number of carbonyl (C=O) groups excluding carboxylic acids is 1.